The Morgan fingerprint density at radius 1 is 1.38 bits per heavy atom. The third kappa shape index (κ3) is 6.23. The maximum Gasteiger partial charge on any atom is 0.193 e. The van der Waals surface area contributed by atoms with Crippen molar-refractivity contribution in [2.24, 2.45) is 10.9 Å². The van der Waals surface area contributed by atoms with Crippen molar-refractivity contribution >= 4 is 29.9 Å². The predicted octanol–water partition coefficient (Wildman–Crippen LogP) is 2.59. The second-order valence-electron chi connectivity index (χ2n) is 5.53. The number of aryl methyl sites for hydroxylation is 1. The Bertz CT molecular complexity index is 396. The van der Waals surface area contributed by atoms with Gasteiger partial charge >= 0.3 is 0 Å². The summed E-state index contributed by atoms with van der Waals surface area (Å²) in [4.78, 5) is 7.15. The average Bonchev–Trinajstić information content (AvgIpc) is 2.96. The van der Waals surface area contributed by atoms with E-state index in [4.69, 9.17) is 4.99 Å². The highest BCUT2D eigenvalue weighted by molar-refractivity contribution is 14.0. The lowest BCUT2D eigenvalue weighted by atomic mass is 10.00. The van der Waals surface area contributed by atoms with E-state index in [1.54, 1.807) is 0 Å². The normalized spacial score (nSPS) is 16.7. The van der Waals surface area contributed by atoms with Gasteiger partial charge < -0.3 is 10.2 Å². The van der Waals surface area contributed by atoms with E-state index >= 15 is 0 Å². The van der Waals surface area contributed by atoms with Crippen molar-refractivity contribution in [1.82, 2.24) is 20.0 Å². The number of piperidine rings is 1. The SMILES string of the molecule is CCNC(=NCCCn1cccn1)N1CCC(C)CC1.I. The Kier molecular flexibility index (Phi) is 8.72. The maximum absolute atomic E-state index is 4.75. The molecule has 0 bridgehead atoms. The first kappa shape index (κ1) is 18.3. The summed E-state index contributed by atoms with van der Waals surface area (Å²) in [5, 5.41) is 7.62. The predicted molar refractivity (Wildman–Crippen MR) is 98.2 cm³/mol. The van der Waals surface area contributed by atoms with Crippen LogP contribution in [0.2, 0.25) is 0 Å². The van der Waals surface area contributed by atoms with Crippen LogP contribution in [0.4, 0.5) is 0 Å². The van der Waals surface area contributed by atoms with Gasteiger partial charge in [0.15, 0.2) is 5.96 Å². The lowest BCUT2D eigenvalue weighted by Crippen LogP contribution is -2.45. The highest BCUT2D eigenvalue weighted by Gasteiger charge is 2.18. The third-order valence-electron chi connectivity index (χ3n) is 3.78. The van der Waals surface area contributed by atoms with Crippen molar-refractivity contribution in [2.75, 3.05) is 26.2 Å². The van der Waals surface area contributed by atoms with Gasteiger partial charge in [0.1, 0.15) is 0 Å². The Morgan fingerprint density at radius 2 is 2.14 bits per heavy atom. The van der Waals surface area contributed by atoms with Gasteiger partial charge in [0.2, 0.25) is 0 Å². The smallest absolute Gasteiger partial charge is 0.193 e. The van der Waals surface area contributed by atoms with Crippen molar-refractivity contribution in [3.05, 3.63) is 18.5 Å². The zero-order valence-electron chi connectivity index (χ0n) is 13.2. The van der Waals surface area contributed by atoms with Crippen LogP contribution in [0.25, 0.3) is 0 Å². The molecule has 1 N–H and O–H groups in total. The van der Waals surface area contributed by atoms with Crippen molar-refractivity contribution in [3.8, 4) is 0 Å². The second-order valence-corrected chi connectivity index (χ2v) is 5.53. The average molecular weight is 405 g/mol. The van der Waals surface area contributed by atoms with Gasteiger partial charge in [0, 0.05) is 45.1 Å². The standard InChI is InChI=1S/C15H27N5.HI/c1-3-16-15(19-12-6-14(2)7-13-19)17-8-4-10-20-11-5-9-18-20;/h5,9,11,14H,3-4,6-8,10,12-13H2,1-2H3,(H,16,17);1H. The van der Waals surface area contributed by atoms with E-state index in [-0.39, 0.29) is 24.0 Å². The maximum atomic E-state index is 4.75. The highest BCUT2D eigenvalue weighted by atomic mass is 127. The topological polar surface area (TPSA) is 45.5 Å². The molecular formula is C15H28IN5. The number of nitrogens with one attached hydrogen (secondary N) is 1. The summed E-state index contributed by atoms with van der Waals surface area (Å²) in [5.41, 5.74) is 0. The number of hydrogen-bond acceptors (Lipinski definition) is 2. The Balaban J connectivity index is 0.00000220. The quantitative estimate of drug-likeness (QED) is 0.355. The first-order valence-electron chi connectivity index (χ1n) is 7.80. The molecule has 2 rings (SSSR count). The molecular weight excluding hydrogens is 377 g/mol. The fourth-order valence-corrected chi connectivity index (χ4v) is 2.50. The van der Waals surface area contributed by atoms with Crippen molar-refractivity contribution < 1.29 is 0 Å². The van der Waals surface area contributed by atoms with Gasteiger partial charge in [-0.2, -0.15) is 5.10 Å². The van der Waals surface area contributed by atoms with Crippen LogP contribution >= 0.6 is 24.0 Å². The molecule has 0 saturated carbocycles. The van der Waals surface area contributed by atoms with Crippen LogP contribution in [0.15, 0.2) is 23.5 Å². The molecule has 1 aliphatic rings. The van der Waals surface area contributed by atoms with Crippen molar-refractivity contribution in [1.29, 1.82) is 0 Å². The first-order valence-corrected chi connectivity index (χ1v) is 7.80. The monoisotopic (exact) mass is 405 g/mol. The first-order chi connectivity index (χ1) is 9.79. The van der Waals surface area contributed by atoms with Crippen molar-refractivity contribution in [3.63, 3.8) is 0 Å². The van der Waals surface area contributed by atoms with E-state index < -0.39 is 0 Å². The highest BCUT2D eigenvalue weighted by Crippen LogP contribution is 2.15. The summed E-state index contributed by atoms with van der Waals surface area (Å²) >= 11 is 0. The molecule has 0 aromatic carbocycles. The minimum absolute atomic E-state index is 0. The van der Waals surface area contributed by atoms with E-state index in [0.29, 0.717) is 0 Å². The number of nitrogens with zero attached hydrogens (tertiary/aromatic N) is 4. The molecule has 0 unspecified atom stereocenters. The molecule has 0 spiro atoms. The molecule has 1 aromatic heterocycles. The molecule has 0 aliphatic carbocycles. The fourth-order valence-electron chi connectivity index (χ4n) is 2.50. The van der Waals surface area contributed by atoms with Gasteiger partial charge in [0.05, 0.1) is 0 Å². The molecule has 0 amide bonds. The van der Waals surface area contributed by atoms with Gasteiger partial charge in [-0.3, -0.25) is 9.67 Å². The molecule has 1 aromatic rings. The molecule has 0 atom stereocenters. The van der Waals surface area contributed by atoms with Crippen molar-refractivity contribution in [2.45, 2.75) is 39.7 Å². The van der Waals surface area contributed by atoms with Crippen LogP contribution in [0.3, 0.4) is 0 Å². The number of aliphatic imine (C=N–C) groups is 1. The van der Waals surface area contributed by atoms with Gasteiger partial charge in [-0.25, -0.2) is 0 Å². The molecule has 0 radical (unpaired) electrons. The summed E-state index contributed by atoms with van der Waals surface area (Å²) in [6.45, 7) is 9.46. The number of hydrogen-bond donors (Lipinski definition) is 1. The molecule has 120 valence electrons. The Morgan fingerprint density at radius 3 is 2.76 bits per heavy atom. The summed E-state index contributed by atoms with van der Waals surface area (Å²) in [6.07, 6.45) is 7.40. The van der Waals surface area contributed by atoms with Crippen LogP contribution in [0, 0.1) is 5.92 Å². The number of likely N-dealkylation sites (tertiary alicyclic amines) is 1. The van der Waals surface area contributed by atoms with Crippen LogP contribution in [-0.2, 0) is 6.54 Å². The number of halogens is 1. The van der Waals surface area contributed by atoms with E-state index in [0.717, 1.165) is 51.0 Å². The second kappa shape index (κ2) is 10.0. The zero-order chi connectivity index (χ0) is 14.2. The Labute approximate surface area is 145 Å². The van der Waals surface area contributed by atoms with Crippen LogP contribution in [0.5, 0.6) is 0 Å². The van der Waals surface area contributed by atoms with Gasteiger partial charge in [0.25, 0.3) is 0 Å². The zero-order valence-corrected chi connectivity index (χ0v) is 15.5. The van der Waals surface area contributed by atoms with Gasteiger partial charge in [-0.1, -0.05) is 6.92 Å². The van der Waals surface area contributed by atoms with E-state index in [1.165, 1.54) is 12.8 Å². The molecule has 1 aliphatic heterocycles. The minimum Gasteiger partial charge on any atom is -0.357 e. The van der Waals surface area contributed by atoms with Gasteiger partial charge in [-0.15, -0.1) is 24.0 Å². The van der Waals surface area contributed by atoms with Crippen LogP contribution in [-0.4, -0.2) is 46.8 Å². The summed E-state index contributed by atoms with van der Waals surface area (Å²) < 4.78 is 1.96. The number of aromatic nitrogens is 2. The van der Waals surface area contributed by atoms with Gasteiger partial charge in [-0.05, 0) is 38.2 Å². The molecule has 21 heavy (non-hydrogen) atoms. The Hall–Kier alpha value is -0.790. The molecule has 1 fully saturated rings. The van der Waals surface area contributed by atoms with E-state index in [9.17, 15) is 0 Å². The largest absolute Gasteiger partial charge is 0.357 e. The van der Waals surface area contributed by atoms with E-state index in [1.807, 2.05) is 23.1 Å². The van der Waals surface area contributed by atoms with Crippen LogP contribution < -0.4 is 5.32 Å². The van der Waals surface area contributed by atoms with Crippen LogP contribution in [0.1, 0.15) is 33.1 Å². The molecule has 1 saturated heterocycles. The number of rotatable bonds is 5. The molecule has 2 heterocycles. The lowest BCUT2D eigenvalue weighted by Gasteiger charge is -2.33. The number of guanidine groups is 1. The summed E-state index contributed by atoms with van der Waals surface area (Å²) in [7, 11) is 0. The lowest BCUT2D eigenvalue weighted by molar-refractivity contribution is 0.273. The fraction of sp³-hybridized carbons (Fsp3) is 0.733. The molecule has 5 nitrogen and oxygen atoms in total. The minimum atomic E-state index is 0. The molecule has 6 heteroatoms. The van der Waals surface area contributed by atoms with E-state index in [2.05, 4.69) is 29.2 Å². The summed E-state index contributed by atoms with van der Waals surface area (Å²) in [5.74, 6) is 1.94. The summed E-state index contributed by atoms with van der Waals surface area (Å²) in [6, 6.07) is 1.96. The third-order valence-corrected chi connectivity index (χ3v) is 3.78.